The third-order valence-corrected chi connectivity index (χ3v) is 3.01. The number of aliphatic carboxylic acids is 1. The second-order valence-corrected chi connectivity index (χ2v) is 4.85. The zero-order valence-electron chi connectivity index (χ0n) is 11.8. The number of rotatable bonds is 5. The van der Waals surface area contributed by atoms with E-state index in [0.717, 1.165) is 17.7 Å². The summed E-state index contributed by atoms with van der Waals surface area (Å²) in [6.07, 6.45) is -4.25. The van der Waals surface area contributed by atoms with E-state index in [1.54, 1.807) is 12.1 Å². The van der Waals surface area contributed by atoms with Gasteiger partial charge in [-0.3, -0.25) is 4.79 Å². The van der Waals surface area contributed by atoms with E-state index in [-0.39, 0.29) is 17.9 Å². The Morgan fingerprint density at radius 1 is 1.04 bits per heavy atom. The quantitative estimate of drug-likeness (QED) is 0.863. The molecule has 0 bridgehead atoms. The number of phenolic OH excluding ortho intramolecular Hbond substituents is 1. The molecule has 2 rings (SSSR count). The average Bonchev–Trinajstić information content (AvgIpc) is 2.45. The summed E-state index contributed by atoms with van der Waals surface area (Å²) in [4.78, 5) is 10.5. The minimum absolute atomic E-state index is 0.0122. The summed E-state index contributed by atoms with van der Waals surface area (Å²) in [5.41, 5.74) is -0.239. The Hall–Kier alpha value is -2.70. The standard InChI is InChI=1S/C16H13F3O4/c17-16(18,19)11-7-12(20)9-14(8-11)23-13-4-1-10(2-5-13)3-6-15(21)22/h1-2,4-5,7-9,20H,3,6H2,(H,21,22). The topological polar surface area (TPSA) is 66.8 Å². The van der Waals surface area contributed by atoms with Crippen LogP contribution >= 0.6 is 0 Å². The van der Waals surface area contributed by atoms with Crippen LogP contribution in [0.5, 0.6) is 17.2 Å². The van der Waals surface area contributed by atoms with E-state index in [2.05, 4.69) is 0 Å². The highest BCUT2D eigenvalue weighted by molar-refractivity contribution is 5.67. The van der Waals surface area contributed by atoms with Crippen LogP contribution in [0.15, 0.2) is 42.5 Å². The van der Waals surface area contributed by atoms with Crippen molar-refractivity contribution in [1.29, 1.82) is 0 Å². The van der Waals surface area contributed by atoms with E-state index in [1.807, 2.05) is 0 Å². The van der Waals surface area contributed by atoms with Crippen molar-refractivity contribution < 1.29 is 32.9 Å². The summed E-state index contributed by atoms with van der Waals surface area (Å²) in [7, 11) is 0. The van der Waals surface area contributed by atoms with E-state index >= 15 is 0 Å². The van der Waals surface area contributed by atoms with Gasteiger partial charge in [0.2, 0.25) is 0 Å². The lowest BCUT2D eigenvalue weighted by Crippen LogP contribution is -2.04. The number of aryl methyl sites for hydroxylation is 1. The summed E-state index contributed by atoms with van der Waals surface area (Å²) in [6, 6.07) is 8.79. The monoisotopic (exact) mass is 326 g/mol. The Labute approximate surface area is 129 Å². The van der Waals surface area contributed by atoms with E-state index in [4.69, 9.17) is 9.84 Å². The molecule has 0 atom stereocenters. The number of ether oxygens (including phenoxy) is 1. The molecule has 0 unspecified atom stereocenters. The summed E-state index contributed by atoms with van der Waals surface area (Å²) >= 11 is 0. The molecule has 0 aliphatic rings. The molecule has 0 aromatic heterocycles. The number of benzene rings is 2. The second kappa shape index (κ2) is 6.60. The van der Waals surface area contributed by atoms with Crippen LogP contribution in [0.2, 0.25) is 0 Å². The Bertz CT molecular complexity index is 693. The van der Waals surface area contributed by atoms with Gasteiger partial charge in [-0.25, -0.2) is 0 Å². The Kier molecular flexibility index (Phi) is 4.78. The fraction of sp³-hybridized carbons (Fsp3) is 0.188. The Morgan fingerprint density at radius 3 is 2.26 bits per heavy atom. The first kappa shape index (κ1) is 16.7. The van der Waals surface area contributed by atoms with E-state index in [1.165, 1.54) is 12.1 Å². The van der Waals surface area contributed by atoms with Gasteiger partial charge in [-0.05, 0) is 36.2 Å². The molecule has 4 nitrogen and oxygen atoms in total. The van der Waals surface area contributed by atoms with E-state index in [9.17, 15) is 23.1 Å². The third kappa shape index (κ3) is 4.91. The smallest absolute Gasteiger partial charge is 0.416 e. The molecule has 2 aromatic carbocycles. The highest BCUT2D eigenvalue weighted by atomic mass is 19.4. The van der Waals surface area contributed by atoms with Gasteiger partial charge in [0.1, 0.15) is 17.2 Å². The highest BCUT2D eigenvalue weighted by Crippen LogP contribution is 2.35. The first-order valence-electron chi connectivity index (χ1n) is 6.64. The van der Waals surface area contributed by atoms with Crippen LogP contribution in [0.25, 0.3) is 0 Å². The van der Waals surface area contributed by atoms with Crippen molar-refractivity contribution in [2.75, 3.05) is 0 Å². The lowest BCUT2D eigenvalue weighted by atomic mass is 10.1. The molecular weight excluding hydrogens is 313 g/mol. The fourth-order valence-corrected chi connectivity index (χ4v) is 1.92. The number of alkyl halides is 3. The zero-order valence-corrected chi connectivity index (χ0v) is 11.8. The average molecular weight is 326 g/mol. The van der Waals surface area contributed by atoms with Crippen LogP contribution in [-0.4, -0.2) is 16.2 Å². The molecule has 2 aromatic rings. The van der Waals surface area contributed by atoms with Gasteiger partial charge >= 0.3 is 12.1 Å². The number of carbonyl (C=O) groups is 1. The predicted octanol–water partition coefficient (Wildman–Crippen LogP) is 4.22. The maximum absolute atomic E-state index is 12.7. The van der Waals surface area contributed by atoms with Gasteiger partial charge < -0.3 is 14.9 Å². The number of hydrogen-bond donors (Lipinski definition) is 2. The first-order valence-corrected chi connectivity index (χ1v) is 6.64. The number of halogens is 3. The van der Waals surface area contributed by atoms with E-state index in [0.29, 0.717) is 12.5 Å². The van der Waals surface area contributed by atoms with Crippen molar-refractivity contribution in [3.05, 3.63) is 53.6 Å². The number of aromatic hydroxyl groups is 1. The fourth-order valence-electron chi connectivity index (χ4n) is 1.92. The first-order chi connectivity index (χ1) is 10.7. The van der Waals surface area contributed by atoms with Gasteiger partial charge in [0, 0.05) is 12.5 Å². The van der Waals surface area contributed by atoms with Crippen molar-refractivity contribution in [1.82, 2.24) is 0 Å². The summed E-state index contributed by atoms with van der Waals surface area (Å²) in [6.45, 7) is 0. The predicted molar refractivity (Wildman–Crippen MR) is 75.6 cm³/mol. The van der Waals surface area contributed by atoms with Gasteiger partial charge in [-0.2, -0.15) is 13.2 Å². The van der Waals surface area contributed by atoms with Crippen LogP contribution in [0.1, 0.15) is 17.5 Å². The molecule has 0 radical (unpaired) electrons. The molecule has 2 N–H and O–H groups in total. The van der Waals surface area contributed by atoms with Crippen molar-refractivity contribution in [2.24, 2.45) is 0 Å². The van der Waals surface area contributed by atoms with Gasteiger partial charge in [-0.15, -0.1) is 0 Å². The summed E-state index contributed by atoms with van der Waals surface area (Å²) in [5.74, 6) is -1.32. The minimum Gasteiger partial charge on any atom is -0.508 e. The molecule has 0 saturated heterocycles. The van der Waals surface area contributed by atoms with Crippen LogP contribution in [0, 0.1) is 0 Å². The SMILES string of the molecule is O=C(O)CCc1ccc(Oc2cc(O)cc(C(F)(F)F)c2)cc1. The molecule has 122 valence electrons. The maximum atomic E-state index is 12.7. The lowest BCUT2D eigenvalue weighted by Gasteiger charge is -2.11. The largest absolute Gasteiger partial charge is 0.508 e. The minimum atomic E-state index is -4.59. The molecule has 0 heterocycles. The lowest BCUT2D eigenvalue weighted by molar-refractivity contribution is -0.138. The molecule has 0 aliphatic heterocycles. The molecule has 0 amide bonds. The molecule has 7 heteroatoms. The van der Waals surface area contributed by atoms with Crippen molar-refractivity contribution >= 4 is 5.97 Å². The van der Waals surface area contributed by atoms with E-state index < -0.39 is 23.5 Å². The van der Waals surface area contributed by atoms with Gasteiger partial charge in [-0.1, -0.05) is 12.1 Å². The summed E-state index contributed by atoms with van der Waals surface area (Å²) < 4.78 is 43.3. The third-order valence-electron chi connectivity index (χ3n) is 3.01. The van der Waals surface area contributed by atoms with Crippen LogP contribution < -0.4 is 4.74 Å². The van der Waals surface area contributed by atoms with Crippen LogP contribution in [-0.2, 0) is 17.4 Å². The second-order valence-electron chi connectivity index (χ2n) is 4.85. The maximum Gasteiger partial charge on any atom is 0.416 e. The van der Waals surface area contributed by atoms with Crippen LogP contribution in [0.4, 0.5) is 13.2 Å². The number of phenols is 1. The molecule has 0 fully saturated rings. The number of hydrogen-bond acceptors (Lipinski definition) is 3. The molecule has 0 saturated carbocycles. The van der Waals surface area contributed by atoms with Gasteiger partial charge in [0.15, 0.2) is 0 Å². The van der Waals surface area contributed by atoms with Gasteiger partial charge in [0.05, 0.1) is 5.56 Å². The molecule has 23 heavy (non-hydrogen) atoms. The van der Waals surface area contributed by atoms with Crippen molar-refractivity contribution in [3.8, 4) is 17.2 Å². The molecular formula is C16H13F3O4. The van der Waals surface area contributed by atoms with Gasteiger partial charge in [0.25, 0.3) is 0 Å². The normalized spacial score (nSPS) is 11.3. The number of carboxylic acids is 1. The molecule has 0 aliphatic carbocycles. The molecule has 0 spiro atoms. The summed E-state index contributed by atoms with van der Waals surface area (Å²) in [5, 5.41) is 18.0. The van der Waals surface area contributed by atoms with Crippen molar-refractivity contribution in [3.63, 3.8) is 0 Å². The zero-order chi connectivity index (χ0) is 17.0. The Balaban J connectivity index is 2.13. The van der Waals surface area contributed by atoms with Crippen molar-refractivity contribution in [2.45, 2.75) is 19.0 Å². The Morgan fingerprint density at radius 2 is 1.70 bits per heavy atom. The number of carboxylic acid groups (broad SMARTS) is 1. The highest BCUT2D eigenvalue weighted by Gasteiger charge is 2.31. The van der Waals surface area contributed by atoms with Crippen LogP contribution in [0.3, 0.4) is 0 Å².